The molecule has 0 radical (unpaired) electrons. The molecule has 1 atom stereocenters. The summed E-state index contributed by atoms with van der Waals surface area (Å²) >= 11 is 0. The van der Waals surface area contributed by atoms with Gasteiger partial charge in [0.25, 0.3) is 0 Å². The zero-order chi connectivity index (χ0) is 9.56. The number of amides is 1. The van der Waals surface area contributed by atoms with Crippen LogP contribution in [0, 0.1) is 11.3 Å². The number of carbonyl (C=O) groups is 1. The highest BCUT2D eigenvalue weighted by Gasteiger charge is 2.11. The van der Waals surface area contributed by atoms with E-state index in [1.165, 1.54) is 0 Å². The second-order valence-electron chi connectivity index (χ2n) is 2.68. The quantitative estimate of drug-likeness (QED) is 0.533. The monoisotopic (exact) mass is 170 g/mol. The van der Waals surface area contributed by atoms with E-state index in [0.717, 1.165) is 0 Å². The van der Waals surface area contributed by atoms with E-state index in [1.54, 1.807) is 11.9 Å². The van der Waals surface area contributed by atoms with Crippen LogP contribution in [0.2, 0.25) is 0 Å². The average Bonchev–Trinajstić information content (AvgIpc) is 2.00. The highest BCUT2D eigenvalue weighted by Crippen LogP contribution is 1.88. The molecule has 0 aromatic heterocycles. The molecule has 1 unspecified atom stereocenters. The standard InChI is InChI=1S/C7H14N4O/c1-11(4-2-3-8)5-6(9)7(10)12/h6H,2,4-5,9H2,1H3,(H2,10,12). The highest BCUT2D eigenvalue weighted by atomic mass is 16.1. The average molecular weight is 170 g/mol. The number of nitrogens with two attached hydrogens (primary N) is 2. The Kier molecular flexibility index (Phi) is 5.00. The van der Waals surface area contributed by atoms with Crippen LogP contribution >= 0.6 is 0 Å². The van der Waals surface area contributed by atoms with Gasteiger partial charge in [-0.05, 0) is 7.05 Å². The number of hydrogen-bond donors (Lipinski definition) is 2. The Labute approximate surface area is 71.9 Å². The smallest absolute Gasteiger partial charge is 0.235 e. The zero-order valence-electron chi connectivity index (χ0n) is 7.16. The fourth-order valence-corrected chi connectivity index (χ4v) is 0.758. The fraction of sp³-hybridized carbons (Fsp3) is 0.714. The number of rotatable bonds is 5. The number of nitriles is 1. The summed E-state index contributed by atoms with van der Waals surface area (Å²) in [5.41, 5.74) is 10.3. The van der Waals surface area contributed by atoms with Crippen molar-refractivity contribution in [2.75, 3.05) is 20.1 Å². The van der Waals surface area contributed by atoms with Crippen LogP contribution < -0.4 is 11.5 Å². The maximum Gasteiger partial charge on any atom is 0.235 e. The van der Waals surface area contributed by atoms with Gasteiger partial charge >= 0.3 is 0 Å². The molecule has 68 valence electrons. The molecule has 0 bridgehead atoms. The largest absolute Gasteiger partial charge is 0.368 e. The number of primary amides is 1. The molecular weight excluding hydrogens is 156 g/mol. The fourth-order valence-electron chi connectivity index (χ4n) is 0.758. The lowest BCUT2D eigenvalue weighted by Crippen LogP contribution is -2.45. The van der Waals surface area contributed by atoms with Crippen molar-refractivity contribution < 1.29 is 4.79 Å². The van der Waals surface area contributed by atoms with E-state index in [0.29, 0.717) is 19.5 Å². The Bertz CT molecular complexity index is 186. The Balaban J connectivity index is 3.62. The topological polar surface area (TPSA) is 96.1 Å². The van der Waals surface area contributed by atoms with Crippen LogP contribution in [0.25, 0.3) is 0 Å². The normalized spacial score (nSPS) is 12.5. The Morgan fingerprint density at radius 3 is 2.75 bits per heavy atom. The summed E-state index contributed by atoms with van der Waals surface area (Å²) in [6, 6.07) is 1.36. The molecule has 0 aromatic carbocycles. The molecule has 5 heteroatoms. The molecule has 0 spiro atoms. The van der Waals surface area contributed by atoms with Gasteiger partial charge in [-0.1, -0.05) is 0 Å². The molecule has 0 rings (SSSR count). The van der Waals surface area contributed by atoms with E-state index in [1.807, 2.05) is 6.07 Å². The predicted molar refractivity (Wildman–Crippen MR) is 44.9 cm³/mol. The summed E-state index contributed by atoms with van der Waals surface area (Å²) in [6.45, 7) is 1.01. The third-order valence-corrected chi connectivity index (χ3v) is 1.48. The van der Waals surface area contributed by atoms with Crippen molar-refractivity contribution in [1.82, 2.24) is 4.90 Å². The molecule has 0 heterocycles. The van der Waals surface area contributed by atoms with Crippen molar-refractivity contribution in [3.8, 4) is 6.07 Å². The minimum Gasteiger partial charge on any atom is -0.368 e. The first kappa shape index (κ1) is 10.9. The van der Waals surface area contributed by atoms with Crippen LogP contribution in [0.3, 0.4) is 0 Å². The van der Waals surface area contributed by atoms with Gasteiger partial charge < -0.3 is 16.4 Å². The first-order chi connectivity index (χ1) is 5.57. The second-order valence-corrected chi connectivity index (χ2v) is 2.68. The van der Waals surface area contributed by atoms with E-state index in [4.69, 9.17) is 16.7 Å². The van der Waals surface area contributed by atoms with Crippen molar-refractivity contribution in [3.05, 3.63) is 0 Å². The zero-order valence-corrected chi connectivity index (χ0v) is 7.16. The maximum absolute atomic E-state index is 10.5. The molecule has 0 saturated carbocycles. The minimum atomic E-state index is -0.645. The summed E-state index contributed by atoms with van der Waals surface area (Å²) in [4.78, 5) is 12.3. The summed E-state index contributed by atoms with van der Waals surface area (Å²) < 4.78 is 0. The molecule has 0 aromatic rings. The van der Waals surface area contributed by atoms with Crippen LogP contribution in [-0.4, -0.2) is 37.0 Å². The van der Waals surface area contributed by atoms with E-state index in [9.17, 15) is 4.79 Å². The third kappa shape index (κ3) is 4.66. The first-order valence-corrected chi connectivity index (χ1v) is 3.68. The van der Waals surface area contributed by atoms with Crippen molar-refractivity contribution in [1.29, 1.82) is 5.26 Å². The van der Waals surface area contributed by atoms with Gasteiger partial charge in [-0.2, -0.15) is 5.26 Å². The van der Waals surface area contributed by atoms with Gasteiger partial charge in [0, 0.05) is 19.5 Å². The lowest BCUT2D eigenvalue weighted by atomic mass is 10.3. The van der Waals surface area contributed by atoms with E-state index >= 15 is 0 Å². The Morgan fingerprint density at radius 2 is 2.33 bits per heavy atom. The number of nitrogens with zero attached hydrogens (tertiary/aromatic N) is 2. The number of hydrogen-bond acceptors (Lipinski definition) is 4. The molecular formula is C7H14N4O. The highest BCUT2D eigenvalue weighted by molar-refractivity contribution is 5.79. The van der Waals surface area contributed by atoms with Gasteiger partial charge in [0.15, 0.2) is 0 Å². The molecule has 4 N–H and O–H groups in total. The van der Waals surface area contributed by atoms with E-state index in [-0.39, 0.29) is 0 Å². The van der Waals surface area contributed by atoms with Crippen LogP contribution in [-0.2, 0) is 4.79 Å². The van der Waals surface area contributed by atoms with Crippen molar-refractivity contribution in [2.45, 2.75) is 12.5 Å². The lowest BCUT2D eigenvalue weighted by Gasteiger charge is -2.17. The van der Waals surface area contributed by atoms with Gasteiger partial charge in [0.05, 0.1) is 12.1 Å². The predicted octanol–water partition coefficient (Wildman–Crippen LogP) is -1.36. The summed E-state index contributed by atoms with van der Waals surface area (Å²) in [5, 5.41) is 8.26. The summed E-state index contributed by atoms with van der Waals surface area (Å²) in [7, 11) is 1.79. The lowest BCUT2D eigenvalue weighted by molar-refractivity contribution is -0.119. The molecule has 0 aliphatic carbocycles. The van der Waals surface area contributed by atoms with Gasteiger partial charge in [0.2, 0.25) is 5.91 Å². The molecule has 0 fully saturated rings. The van der Waals surface area contributed by atoms with Gasteiger partial charge in [-0.25, -0.2) is 0 Å². The van der Waals surface area contributed by atoms with Crippen LogP contribution in [0.4, 0.5) is 0 Å². The molecule has 12 heavy (non-hydrogen) atoms. The third-order valence-electron chi connectivity index (χ3n) is 1.48. The summed E-state index contributed by atoms with van der Waals surface area (Å²) in [5.74, 6) is -0.515. The Morgan fingerprint density at radius 1 is 1.75 bits per heavy atom. The summed E-state index contributed by atoms with van der Waals surface area (Å²) in [6.07, 6.45) is 0.433. The minimum absolute atomic E-state index is 0.400. The van der Waals surface area contributed by atoms with Gasteiger partial charge in [0.1, 0.15) is 0 Å². The van der Waals surface area contributed by atoms with Crippen molar-refractivity contribution >= 4 is 5.91 Å². The molecule has 5 nitrogen and oxygen atoms in total. The molecule has 0 aliphatic rings. The molecule has 0 saturated heterocycles. The molecule has 1 amide bonds. The maximum atomic E-state index is 10.5. The van der Waals surface area contributed by atoms with E-state index < -0.39 is 11.9 Å². The van der Waals surface area contributed by atoms with Gasteiger partial charge in [-0.3, -0.25) is 4.79 Å². The van der Waals surface area contributed by atoms with E-state index in [2.05, 4.69) is 0 Å². The first-order valence-electron chi connectivity index (χ1n) is 3.68. The second kappa shape index (κ2) is 5.52. The van der Waals surface area contributed by atoms with Crippen molar-refractivity contribution in [3.63, 3.8) is 0 Å². The van der Waals surface area contributed by atoms with Crippen LogP contribution in [0.15, 0.2) is 0 Å². The van der Waals surface area contributed by atoms with Crippen LogP contribution in [0.5, 0.6) is 0 Å². The number of carbonyl (C=O) groups excluding carboxylic acids is 1. The molecule has 0 aliphatic heterocycles. The Hall–Kier alpha value is -1.12. The van der Waals surface area contributed by atoms with Gasteiger partial charge in [-0.15, -0.1) is 0 Å². The SMILES string of the molecule is CN(CCC#N)CC(N)C(N)=O. The van der Waals surface area contributed by atoms with Crippen molar-refractivity contribution in [2.24, 2.45) is 11.5 Å². The number of likely N-dealkylation sites (N-methyl/N-ethyl adjacent to an activating group) is 1. The van der Waals surface area contributed by atoms with Crippen LogP contribution in [0.1, 0.15) is 6.42 Å².